The number of hydrogen-bond donors (Lipinski definition) is 0. The van der Waals surface area contributed by atoms with Gasteiger partial charge in [-0.25, -0.2) is 19.2 Å². The van der Waals surface area contributed by atoms with Gasteiger partial charge in [0.2, 0.25) is 0 Å². The summed E-state index contributed by atoms with van der Waals surface area (Å²) in [6.45, 7) is 10.8. The Morgan fingerprint density at radius 2 is 1.04 bits per heavy atom. The number of ether oxygens (including phenoxy) is 6. The van der Waals surface area contributed by atoms with Crippen LogP contribution in [0.1, 0.15) is 103 Å². The second-order valence-corrected chi connectivity index (χ2v) is 11.4. The van der Waals surface area contributed by atoms with Crippen LogP contribution >= 0.6 is 0 Å². The summed E-state index contributed by atoms with van der Waals surface area (Å²) in [6.07, 6.45) is 6.59. The SMILES string of the molecule is C=C(C)C(=O)OCCCCCCOC(=O)c1cc(OC(=O)c2ccc(OCCCC)cc2)ccc1OC(=O)c1ccc(OCCCC)cc1. The third-order valence-corrected chi connectivity index (χ3v) is 7.15. The summed E-state index contributed by atoms with van der Waals surface area (Å²) in [6, 6.07) is 17.2. The molecule has 3 aromatic rings. The largest absolute Gasteiger partial charge is 0.494 e. The van der Waals surface area contributed by atoms with Crippen molar-refractivity contribution in [1.29, 1.82) is 0 Å². The van der Waals surface area contributed by atoms with Gasteiger partial charge >= 0.3 is 23.9 Å². The molecule has 10 heteroatoms. The lowest BCUT2D eigenvalue weighted by Gasteiger charge is -2.13. The fourth-order valence-electron chi connectivity index (χ4n) is 4.28. The first-order valence-electron chi connectivity index (χ1n) is 16.8. The lowest BCUT2D eigenvalue weighted by atomic mass is 10.1. The predicted octanol–water partition coefficient (Wildman–Crippen LogP) is 8.32. The second kappa shape index (κ2) is 21.0. The second-order valence-electron chi connectivity index (χ2n) is 11.4. The predicted molar refractivity (Wildman–Crippen MR) is 185 cm³/mol. The van der Waals surface area contributed by atoms with Crippen LogP contribution in [-0.2, 0) is 14.3 Å². The Labute approximate surface area is 288 Å². The van der Waals surface area contributed by atoms with Crippen LogP contribution in [-0.4, -0.2) is 50.3 Å². The number of hydrogen-bond acceptors (Lipinski definition) is 10. The Bertz CT molecular complexity index is 1530. The summed E-state index contributed by atoms with van der Waals surface area (Å²) in [7, 11) is 0. The Kier molecular flexibility index (Phi) is 16.4. The van der Waals surface area contributed by atoms with Crippen molar-refractivity contribution in [3.05, 3.63) is 95.6 Å². The van der Waals surface area contributed by atoms with Crippen molar-refractivity contribution in [2.75, 3.05) is 26.4 Å². The smallest absolute Gasteiger partial charge is 0.343 e. The maximum Gasteiger partial charge on any atom is 0.343 e. The van der Waals surface area contributed by atoms with Crippen LogP contribution in [0.4, 0.5) is 0 Å². The standard InChI is InChI=1S/C39H46O10/c1-5-7-23-44-31-17-13-29(14-18-31)37(41)48-33-21-22-35(49-38(42)30-15-19-32(20-16-30)45-24-8-6-2)34(27-33)39(43)47-26-12-10-9-11-25-46-36(40)28(3)4/h13-22,27H,3,5-12,23-26H2,1-2,4H3. The van der Waals surface area contributed by atoms with Crippen molar-refractivity contribution in [2.24, 2.45) is 0 Å². The van der Waals surface area contributed by atoms with Gasteiger partial charge in [0.25, 0.3) is 0 Å². The van der Waals surface area contributed by atoms with Crippen LogP contribution in [0.5, 0.6) is 23.0 Å². The van der Waals surface area contributed by atoms with Crippen LogP contribution in [0.25, 0.3) is 0 Å². The minimum atomic E-state index is -0.746. The molecule has 0 aliphatic rings. The van der Waals surface area contributed by atoms with Crippen LogP contribution in [0, 0.1) is 0 Å². The van der Waals surface area contributed by atoms with E-state index in [1.165, 1.54) is 18.2 Å². The number of carbonyl (C=O) groups excluding carboxylic acids is 4. The van der Waals surface area contributed by atoms with E-state index in [-0.39, 0.29) is 35.8 Å². The van der Waals surface area contributed by atoms with Gasteiger partial charge in [-0.3, -0.25) is 0 Å². The fraction of sp³-hybridized carbons (Fsp3) is 0.385. The molecule has 0 aliphatic carbocycles. The molecule has 0 unspecified atom stereocenters. The van der Waals surface area contributed by atoms with E-state index in [0.717, 1.165) is 38.5 Å². The molecular weight excluding hydrogens is 628 g/mol. The van der Waals surface area contributed by atoms with Crippen molar-refractivity contribution < 1.29 is 47.6 Å². The van der Waals surface area contributed by atoms with Crippen LogP contribution in [0.3, 0.4) is 0 Å². The molecule has 49 heavy (non-hydrogen) atoms. The molecule has 0 saturated carbocycles. The van der Waals surface area contributed by atoms with E-state index in [1.54, 1.807) is 55.5 Å². The topological polar surface area (TPSA) is 124 Å². The molecule has 0 spiro atoms. The van der Waals surface area contributed by atoms with Crippen LogP contribution in [0.15, 0.2) is 78.9 Å². The van der Waals surface area contributed by atoms with E-state index >= 15 is 0 Å². The first kappa shape index (κ1) is 38.3. The molecule has 0 aromatic heterocycles. The van der Waals surface area contributed by atoms with Crippen LogP contribution < -0.4 is 18.9 Å². The van der Waals surface area contributed by atoms with E-state index in [0.29, 0.717) is 48.7 Å². The van der Waals surface area contributed by atoms with Gasteiger partial charge in [-0.2, -0.15) is 0 Å². The van der Waals surface area contributed by atoms with Gasteiger partial charge in [-0.05, 0) is 112 Å². The minimum absolute atomic E-state index is 0.0500. The lowest BCUT2D eigenvalue weighted by molar-refractivity contribution is -0.139. The Hall–Kier alpha value is -5.12. The summed E-state index contributed by atoms with van der Waals surface area (Å²) in [5.74, 6) is -1.20. The fourth-order valence-corrected chi connectivity index (χ4v) is 4.28. The molecule has 3 rings (SSSR count). The van der Waals surface area contributed by atoms with Gasteiger partial charge < -0.3 is 28.4 Å². The molecule has 0 radical (unpaired) electrons. The first-order chi connectivity index (χ1) is 23.7. The number of esters is 4. The molecule has 3 aromatic carbocycles. The number of benzene rings is 3. The van der Waals surface area contributed by atoms with E-state index in [4.69, 9.17) is 28.4 Å². The first-order valence-corrected chi connectivity index (χ1v) is 16.8. The molecule has 10 nitrogen and oxygen atoms in total. The lowest BCUT2D eigenvalue weighted by Crippen LogP contribution is -2.15. The zero-order valence-corrected chi connectivity index (χ0v) is 28.6. The Morgan fingerprint density at radius 3 is 1.55 bits per heavy atom. The van der Waals surface area contributed by atoms with E-state index in [2.05, 4.69) is 20.4 Å². The summed E-state index contributed by atoms with van der Waals surface area (Å²) in [5.41, 5.74) is 0.820. The van der Waals surface area contributed by atoms with Crippen molar-refractivity contribution in [3.63, 3.8) is 0 Å². The number of rotatable bonds is 21. The van der Waals surface area contributed by atoms with Gasteiger partial charge in [0.05, 0.1) is 37.6 Å². The summed E-state index contributed by atoms with van der Waals surface area (Å²) >= 11 is 0. The Morgan fingerprint density at radius 1 is 0.551 bits per heavy atom. The highest BCUT2D eigenvalue weighted by atomic mass is 16.6. The summed E-state index contributed by atoms with van der Waals surface area (Å²) in [4.78, 5) is 50.7. The maximum absolute atomic E-state index is 13.2. The van der Waals surface area contributed by atoms with E-state index < -0.39 is 23.9 Å². The molecular formula is C39H46O10. The zero-order valence-electron chi connectivity index (χ0n) is 28.6. The highest BCUT2D eigenvalue weighted by molar-refractivity contribution is 5.97. The van der Waals surface area contributed by atoms with Gasteiger partial charge in [-0.1, -0.05) is 33.3 Å². The highest BCUT2D eigenvalue weighted by Gasteiger charge is 2.21. The zero-order chi connectivity index (χ0) is 35.4. The number of unbranched alkanes of at least 4 members (excludes halogenated alkanes) is 5. The maximum atomic E-state index is 13.2. The third-order valence-electron chi connectivity index (χ3n) is 7.15. The monoisotopic (exact) mass is 674 g/mol. The van der Waals surface area contributed by atoms with Crippen molar-refractivity contribution in [3.8, 4) is 23.0 Å². The van der Waals surface area contributed by atoms with Crippen molar-refractivity contribution in [1.82, 2.24) is 0 Å². The summed E-state index contributed by atoms with van der Waals surface area (Å²) < 4.78 is 33.1. The summed E-state index contributed by atoms with van der Waals surface area (Å²) in [5, 5.41) is 0. The Balaban J connectivity index is 1.66. The van der Waals surface area contributed by atoms with Crippen LogP contribution in [0.2, 0.25) is 0 Å². The van der Waals surface area contributed by atoms with E-state index in [1.807, 2.05) is 0 Å². The minimum Gasteiger partial charge on any atom is -0.494 e. The normalized spacial score (nSPS) is 10.5. The average Bonchev–Trinajstić information content (AvgIpc) is 3.10. The molecule has 262 valence electrons. The molecule has 0 saturated heterocycles. The third kappa shape index (κ3) is 13.5. The van der Waals surface area contributed by atoms with Gasteiger partial charge in [0.15, 0.2) is 0 Å². The van der Waals surface area contributed by atoms with Gasteiger partial charge in [-0.15, -0.1) is 0 Å². The average molecular weight is 675 g/mol. The number of carbonyl (C=O) groups is 4. The van der Waals surface area contributed by atoms with Crippen molar-refractivity contribution in [2.45, 2.75) is 72.1 Å². The molecule has 0 atom stereocenters. The van der Waals surface area contributed by atoms with Gasteiger partial charge in [0.1, 0.15) is 28.6 Å². The molecule has 0 bridgehead atoms. The quantitative estimate of drug-likeness (QED) is 0.0472. The molecule has 0 heterocycles. The highest BCUT2D eigenvalue weighted by Crippen LogP contribution is 2.28. The molecule has 0 amide bonds. The molecule has 0 fully saturated rings. The van der Waals surface area contributed by atoms with Gasteiger partial charge in [0, 0.05) is 5.57 Å². The molecule has 0 aliphatic heterocycles. The van der Waals surface area contributed by atoms with Crippen molar-refractivity contribution >= 4 is 23.9 Å². The van der Waals surface area contributed by atoms with E-state index in [9.17, 15) is 19.2 Å². The molecule has 0 N–H and O–H groups in total.